The summed E-state index contributed by atoms with van der Waals surface area (Å²) in [5, 5.41) is 3.77. The zero-order valence-corrected chi connectivity index (χ0v) is 16.2. The van der Waals surface area contributed by atoms with E-state index in [0.717, 1.165) is 17.5 Å². The van der Waals surface area contributed by atoms with Crippen LogP contribution < -0.4 is 5.32 Å². The molecule has 1 amide bonds. The molecule has 0 aliphatic heterocycles. The molecule has 4 nitrogen and oxygen atoms in total. The van der Waals surface area contributed by atoms with Gasteiger partial charge in [0, 0.05) is 10.0 Å². The quantitative estimate of drug-likeness (QED) is 0.696. The highest BCUT2D eigenvalue weighted by Crippen LogP contribution is 2.21. The summed E-state index contributed by atoms with van der Waals surface area (Å²) in [5.41, 5.74) is 2.78. The zero-order chi connectivity index (χ0) is 19.1. The Morgan fingerprint density at radius 1 is 1.12 bits per heavy atom. The van der Waals surface area contributed by atoms with Gasteiger partial charge in [0.2, 0.25) is 0 Å². The van der Waals surface area contributed by atoms with E-state index < -0.39 is 5.97 Å². The number of rotatable bonds is 7. The van der Waals surface area contributed by atoms with Gasteiger partial charge in [0.15, 0.2) is 6.61 Å². The first-order valence-electron chi connectivity index (χ1n) is 8.34. The molecule has 0 fully saturated rings. The Bertz CT molecular complexity index is 775. The van der Waals surface area contributed by atoms with Gasteiger partial charge in [0.1, 0.15) is 0 Å². The topological polar surface area (TPSA) is 55.4 Å². The highest BCUT2D eigenvalue weighted by Gasteiger charge is 2.15. The zero-order valence-electron chi connectivity index (χ0n) is 14.7. The van der Waals surface area contributed by atoms with E-state index >= 15 is 0 Å². The predicted octanol–water partition coefficient (Wildman–Crippen LogP) is 4.66. The monoisotopic (exact) mass is 393 g/mol. The van der Waals surface area contributed by atoms with Crippen molar-refractivity contribution in [2.24, 2.45) is 0 Å². The van der Waals surface area contributed by atoms with Crippen LogP contribution >= 0.6 is 23.2 Å². The number of carbonyl (C=O) groups excluding carboxylic acids is 2. The van der Waals surface area contributed by atoms with E-state index in [2.05, 4.69) is 5.32 Å². The van der Waals surface area contributed by atoms with E-state index in [1.54, 1.807) is 18.2 Å². The molecule has 0 bridgehead atoms. The standard InChI is InChI=1S/C20H21Cl2NO3/c1-3-18(14-6-4-13(2)5-7-14)23-19(24)12-26-20(25)10-15-8-9-16(21)11-17(15)22/h4-9,11,18H,3,10,12H2,1-2H3,(H,23,24)/t18-/m0/s1. The number of nitrogens with one attached hydrogen (secondary N) is 1. The Morgan fingerprint density at radius 3 is 2.42 bits per heavy atom. The van der Waals surface area contributed by atoms with Crippen molar-refractivity contribution in [3.8, 4) is 0 Å². The summed E-state index contributed by atoms with van der Waals surface area (Å²) in [6, 6.07) is 12.7. The van der Waals surface area contributed by atoms with Crippen molar-refractivity contribution >= 4 is 35.1 Å². The molecule has 1 atom stereocenters. The van der Waals surface area contributed by atoms with Crippen molar-refractivity contribution in [1.29, 1.82) is 0 Å². The number of hydrogen-bond donors (Lipinski definition) is 1. The molecule has 2 aromatic rings. The third-order valence-corrected chi connectivity index (χ3v) is 4.52. The summed E-state index contributed by atoms with van der Waals surface area (Å²) in [5.74, 6) is -0.860. The molecular formula is C20H21Cl2NO3. The Balaban J connectivity index is 1.85. The summed E-state index contributed by atoms with van der Waals surface area (Å²) in [6.45, 7) is 3.67. The van der Waals surface area contributed by atoms with E-state index in [9.17, 15) is 9.59 Å². The molecule has 0 aromatic heterocycles. The Hall–Kier alpha value is -2.04. The number of carbonyl (C=O) groups is 2. The maximum Gasteiger partial charge on any atom is 0.310 e. The van der Waals surface area contributed by atoms with Crippen LogP contribution in [0.4, 0.5) is 0 Å². The van der Waals surface area contributed by atoms with Crippen LogP contribution in [-0.4, -0.2) is 18.5 Å². The van der Waals surface area contributed by atoms with Gasteiger partial charge < -0.3 is 10.1 Å². The van der Waals surface area contributed by atoms with Gasteiger partial charge in [-0.15, -0.1) is 0 Å². The van der Waals surface area contributed by atoms with Crippen molar-refractivity contribution in [1.82, 2.24) is 5.32 Å². The Labute approximate surface area is 163 Å². The van der Waals surface area contributed by atoms with Gasteiger partial charge >= 0.3 is 5.97 Å². The van der Waals surface area contributed by atoms with Gasteiger partial charge in [-0.1, -0.05) is 66.0 Å². The van der Waals surface area contributed by atoms with Crippen molar-refractivity contribution in [3.05, 3.63) is 69.2 Å². The molecular weight excluding hydrogens is 373 g/mol. The van der Waals surface area contributed by atoms with Crippen molar-refractivity contribution in [2.45, 2.75) is 32.7 Å². The highest BCUT2D eigenvalue weighted by atomic mass is 35.5. The van der Waals surface area contributed by atoms with Gasteiger partial charge in [0.05, 0.1) is 12.5 Å². The predicted molar refractivity (Wildman–Crippen MR) is 103 cm³/mol. The number of benzene rings is 2. The van der Waals surface area contributed by atoms with Crippen LogP contribution in [-0.2, 0) is 20.7 Å². The second-order valence-corrected chi connectivity index (χ2v) is 6.86. The molecule has 6 heteroatoms. The maximum atomic E-state index is 12.1. The summed E-state index contributed by atoms with van der Waals surface area (Å²) in [6.07, 6.45) is 0.724. The van der Waals surface area contributed by atoms with Gasteiger partial charge in [-0.3, -0.25) is 9.59 Å². The number of halogens is 2. The average Bonchev–Trinajstić information content (AvgIpc) is 2.61. The van der Waals surface area contributed by atoms with Crippen molar-refractivity contribution < 1.29 is 14.3 Å². The smallest absolute Gasteiger partial charge is 0.310 e. The summed E-state index contributed by atoms with van der Waals surface area (Å²) in [7, 11) is 0. The van der Waals surface area contributed by atoms with E-state index in [1.807, 2.05) is 38.1 Å². The van der Waals surface area contributed by atoms with Gasteiger partial charge in [-0.05, 0) is 36.6 Å². The first-order chi connectivity index (χ1) is 12.4. The van der Waals surface area contributed by atoms with Crippen LogP contribution in [0.25, 0.3) is 0 Å². The van der Waals surface area contributed by atoms with Crippen LogP contribution in [0.2, 0.25) is 10.0 Å². The molecule has 2 rings (SSSR count). The molecule has 1 N–H and O–H groups in total. The fourth-order valence-electron chi connectivity index (χ4n) is 2.47. The van der Waals surface area contributed by atoms with Crippen LogP contribution in [0.15, 0.2) is 42.5 Å². The Kier molecular flexibility index (Phi) is 7.49. The average molecular weight is 394 g/mol. The van der Waals surface area contributed by atoms with E-state index in [0.29, 0.717) is 15.6 Å². The highest BCUT2D eigenvalue weighted by molar-refractivity contribution is 6.35. The first-order valence-corrected chi connectivity index (χ1v) is 9.10. The molecule has 0 radical (unpaired) electrons. The lowest BCUT2D eigenvalue weighted by atomic mass is 10.0. The minimum absolute atomic E-state index is 0.0154. The minimum Gasteiger partial charge on any atom is -0.455 e. The fourth-order valence-corrected chi connectivity index (χ4v) is 2.95. The number of amides is 1. The van der Waals surface area contributed by atoms with Gasteiger partial charge in [-0.25, -0.2) is 0 Å². The minimum atomic E-state index is -0.521. The second-order valence-electron chi connectivity index (χ2n) is 6.01. The van der Waals surface area contributed by atoms with Crippen molar-refractivity contribution in [2.75, 3.05) is 6.61 Å². The molecule has 0 saturated heterocycles. The molecule has 0 aliphatic rings. The SMILES string of the molecule is CC[C@H](NC(=O)COC(=O)Cc1ccc(Cl)cc1Cl)c1ccc(C)cc1. The second kappa shape index (κ2) is 9.60. The largest absolute Gasteiger partial charge is 0.455 e. The third-order valence-electron chi connectivity index (χ3n) is 3.94. The molecule has 2 aromatic carbocycles. The lowest BCUT2D eigenvalue weighted by Gasteiger charge is -2.17. The van der Waals surface area contributed by atoms with E-state index in [-0.39, 0.29) is 25.0 Å². The van der Waals surface area contributed by atoms with Gasteiger partial charge in [-0.2, -0.15) is 0 Å². The maximum absolute atomic E-state index is 12.1. The molecule has 0 unspecified atom stereocenters. The molecule has 0 heterocycles. The molecule has 0 saturated carbocycles. The Morgan fingerprint density at radius 2 is 1.81 bits per heavy atom. The summed E-state index contributed by atoms with van der Waals surface area (Å²) in [4.78, 5) is 24.0. The van der Waals surface area contributed by atoms with E-state index in [1.165, 1.54) is 0 Å². The normalized spacial score (nSPS) is 11.7. The fraction of sp³-hybridized carbons (Fsp3) is 0.300. The van der Waals surface area contributed by atoms with Crippen LogP contribution in [0.3, 0.4) is 0 Å². The number of ether oxygens (including phenoxy) is 1. The van der Waals surface area contributed by atoms with Crippen LogP contribution in [0.1, 0.15) is 36.1 Å². The molecule has 0 spiro atoms. The third kappa shape index (κ3) is 6.04. The van der Waals surface area contributed by atoms with Crippen molar-refractivity contribution in [3.63, 3.8) is 0 Å². The lowest BCUT2D eigenvalue weighted by Crippen LogP contribution is -2.32. The first kappa shape index (κ1) is 20.3. The molecule has 0 aliphatic carbocycles. The molecule has 26 heavy (non-hydrogen) atoms. The number of aryl methyl sites for hydroxylation is 1. The van der Waals surface area contributed by atoms with E-state index in [4.69, 9.17) is 27.9 Å². The number of hydrogen-bond acceptors (Lipinski definition) is 3. The van der Waals surface area contributed by atoms with Crippen LogP contribution in [0.5, 0.6) is 0 Å². The van der Waals surface area contributed by atoms with Crippen LogP contribution in [0, 0.1) is 6.92 Å². The molecule has 138 valence electrons. The summed E-state index contributed by atoms with van der Waals surface area (Å²) >= 11 is 11.9. The lowest BCUT2D eigenvalue weighted by molar-refractivity contribution is -0.148. The summed E-state index contributed by atoms with van der Waals surface area (Å²) < 4.78 is 5.05. The number of esters is 1. The van der Waals surface area contributed by atoms with Gasteiger partial charge in [0.25, 0.3) is 5.91 Å².